The molecule has 9 nitrogen and oxygen atoms in total. The van der Waals surface area contributed by atoms with Crippen LogP contribution in [0.1, 0.15) is 28.9 Å². The summed E-state index contributed by atoms with van der Waals surface area (Å²) in [6, 6.07) is 30.0. The number of methoxy groups -OCH3 is 3. The van der Waals surface area contributed by atoms with Gasteiger partial charge in [-0.25, -0.2) is 0 Å². The summed E-state index contributed by atoms with van der Waals surface area (Å²) in [6.07, 6.45) is 0.791. The molecule has 0 amide bonds. The molecule has 0 aliphatic carbocycles. The van der Waals surface area contributed by atoms with Crippen LogP contribution < -0.4 is 23.7 Å². The molecule has 2 aliphatic rings. The lowest BCUT2D eigenvalue weighted by Gasteiger charge is -2.33. The smallest absolute Gasteiger partial charge is 0.156 e. The number of aliphatic hydroxyl groups excluding tert-OH is 1. The van der Waals surface area contributed by atoms with Crippen molar-refractivity contribution in [1.29, 1.82) is 0 Å². The Morgan fingerprint density at radius 2 is 1.40 bits per heavy atom. The lowest BCUT2D eigenvalue weighted by Crippen LogP contribution is -2.40. The second kappa shape index (κ2) is 13.8. The first-order chi connectivity index (χ1) is 22.1. The van der Waals surface area contributed by atoms with E-state index in [1.807, 2.05) is 91.0 Å². The van der Waals surface area contributed by atoms with Gasteiger partial charge in [0, 0.05) is 5.56 Å². The standard InChI is InChI=1S/C36H35NO8/c1-39-25-12-14-26(15-13-25)43-32-19-18-30(23-8-5-4-6-9-23)44-33(32)22-42-37-34-29-21-28(41-3)16-17-31(29)45-36(35(34)38)24-10-7-11-27(20-24)40-2/h4-21,30,32-33,35-36,38H,22H2,1-3H3/b37-34-/t30-,32-,33-,35-,36-/m0/s1. The Morgan fingerprint density at radius 3 is 2.16 bits per heavy atom. The monoisotopic (exact) mass is 609 g/mol. The van der Waals surface area contributed by atoms with Gasteiger partial charge in [0.1, 0.15) is 65.5 Å². The van der Waals surface area contributed by atoms with E-state index < -0.39 is 24.4 Å². The number of oxime groups is 1. The Balaban J connectivity index is 1.27. The van der Waals surface area contributed by atoms with Gasteiger partial charge in [-0.05, 0) is 71.8 Å². The van der Waals surface area contributed by atoms with Crippen LogP contribution in [0.3, 0.4) is 0 Å². The molecule has 1 N–H and O–H groups in total. The fraction of sp³-hybridized carbons (Fsp3) is 0.250. The number of ether oxygens (including phenoxy) is 6. The van der Waals surface area contributed by atoms with Crippen LogP contribution in [0, 0.1) is 0 Å². The highest BCUT2D eigenvalue weighted by molar-refractivity contribution is 6.07. The summed E-state index contributed by atoms with van der Waals surface area (Å²) in [5.41, 5.74) is 2.62. The molecule has 4 aromatic carbocycles. The molecular weight excluding hydrogens is 574 g/mol. The largest absolute Gasteiger partial charge is 0.497 e. The van der Waals surface area contributed by atoms with Gasteiger partial charge < -0.3 is 38.4 Å². The molecule has 0 aromatic heterocycles. The maximum absolute atomic E-state index is 11.6. The molecule has 0 unspecified atom stereocenters. The molecule has 0 saturated heterocycles. The first kappa shape index (κ1) is 30.1. The Kier molecular flexibility index (Phi) is 9.19. The molecule has 2 aliphatic heterocycles. The van der Waals surface area contributed by atoms with E-state index in [9.17, 15) is 5.11 Å². The molecule has 2 heterocycles. The van der Waals surface area contributed by atoms with Crippen LogP contribution >= 0.6 is 0 Å². The third kappa shape index (κ3) is 6.74. The summed E-state index contributed by atoms with van der Waals surface area (Å²) in [5.74, 6) is 3.17. The number of rotatable bonds is 10. The van der Waals surface area contributed by atoms with E-state index in [2.05, 4.69) is 5.16 Å². The summed E-state index contributed by atoms with van der Waals surface area (Å²) in [5, 5.41) is 16.1. The quantitative estimate of drug-likeness (QED) is 0.171. The van der Waals surface area contributed by atoms with Gasteiger partial charge in [0.25, 0.3) is 0 Å². The fourth-order valence-electron chi connectivity index (χ4n) is 5.33. The summed E-state index contributed by atoms with van der Waals surface area (Å²) in [4.78, 5) is 5.98. The molecule has 0 bridgehead atoms. The minimum atomic E-state index is -1.15. The normalized spacial score (nSPS) is 23.0. The Labute approximate surface area is 262 Å². The van der Waals surface area contributed by atoms with Gasteiger partial charge in [-0.3, -0.25) is 0 Å². The van der Waals surface area contributed by atoms with Crippen molar-refractivity contribution in [2.24, 2.45) is 5.16 Å². The van der Waals surface area contributed by atoms with Crippen LogP contribution in [0.25, 0.3) is 0 Å². The molecule has 0 fully saturated rings. The van der Waals surface area contributed by atoms with Gasteiger partial charge in [0.05, 0.1) is 21.3 Å². The Bertz CT molecular complexity index is 1640. The van der Waals surface area contributed by atoms with Gasteiger partial charge >= 0.3 is 0 Å². The van der Waals surface area contributed by atoms with Crippen molar-refractivity contribution in [3.05, 3.63) is 126 Å². The van der Waals surface area contributed by atoms with Crippen molar-refractivity contribution in [2.45, 2.75) is 30.5 Å². The molecule has 5 atom stereocenters. The third-order valence-electron chi connectivity index (χ3n) is 7.73. The zero-order chi connectivity index (χ0) is 31.2. The lowest BCUT2D eigenvalue weighted by atomic mass is 9.92. The van der Waals surface area contributed by atoms with Gasteiger partial charge in [-0.1, -0.05) is 53.7 Å². The summed E-state index contributed by atoms with van der Waals surface area (Å²) < 4.78 is 35.2. The van der Waals surface area contributed by atoms with Crippen LogP contribution in [0.15, 0.2) is 114 Å². The van der Waals surface area contributed by atoms with Crippen LogP contribution in [0.5, 0.6) is 28.7 Å². The second-order valence-corrected chi connectivity index (χ2v) is 10.5. The zero-order valence-corrected chi connectivity index (χ0v) is 25.2. The van der Waals surface area contributed by atoms with Gasteiger partial charge in [0.2, 0.25) is 0 Å². The van der Waals surface area contributed by atoms with E-state index >= 15 is 0 Å². The maximum Gasteiger partial charge on any atom is 0.156 e. The molecule has 232 valence electrons. The minimum absolute atomic E-state index is 0.0503. The van der Waals surface area contributed by atoms with Crippen molar-refractivity contribution in [3.8, 4) is 28.7 Å². The topological polar surface area (TPSA) is 97.2 Å². The van der Waals surface area contributed by atoms with Gasteiger partial charge in [-0.2, -0.15) is 0 Å². The highest BCUT2D eigenvalue weighted by Crippen LogP contribution is 2.38. The van der Waals surface area contributed by atoms with Gasteiger partial charge in [-0.15, -0.1) is 0 Å². The number of benzene rings is 4. The van der Waals surface area contributed by atoms with Crippen molar-refractivity contribution in [3.63, 3.8) is 0 Å². The highest BCUT2D eigenvalue weighted by atomic mass is 16.6. The fourth-order valence-corrected chi connectivity index (χ4v) is 5.33. The highest BCUT2D eigenvalue weighted by Gasteiger charge is 2.37. The van der Waals surface area contributed by atoms with E-state index in [0.29, 0.717) is 34.3 Å². The lowest BCUT2D eigenvalue weighted by molar-refractivity contribution is -0.0882. The molecule has 0 saturated carbocycles. The average Bonchev–Trinajstić information content (AvgIpc) is 3.10. The van der Waals surface area contributed by atoms with Crippen molar-refractivity contribution in [1.82, 2.24) is 0 Å². The first-order valence-electron chi connectivity index (χ1n) is 14.6. The van der Waals surface area contributed by atoms with Crippen LogP contribution in [0.2, 0.25) is 0 Å². The van der Waals surface area contributed by atoms with Crippen LogP contribution in [-0.4, -0.2) is 57.1 Å². The summed E-state index contributed by atoms with van der Waals surface area (Å²) in [6.45, 7) is 0.0503. The van der Waals surface area contributed by atoms with Crippen molar-refractivity contribution in [2.75, 3.05) is 27.9 Å². The molecule has 9 heteroatoms. The number of hydrogen-bond donors (Lipinski definition) is 1. The molecule has 0 radical (unpaired) electrons. The number of aliphatic hydroxyl groups is 1. The SMILES string of the molecule is COc1ccc(O[C@H]2C=C[C@@H](c3ccccc3)O[C@H]2CO/N=C2/c3cc(OC)ccc3O[C@@H](c3cccc(OC)c3)[C@H]2O)cc1. The minimum Gasteiger partial charge on any atom is -0.497 e. The first-order valence-corrected chi connectivity index (χ1v) is 14.6. The van der Waals surface area contributed by atoms with E-state index in [1.165, 1.54) is 0 Å². The van der Waals surface area contributed by atoms with E-state index in [0.717, 1.165) is 16.9 Å². The average molecular weight is 610 g/mol. The van der Waals surface area contributed by atoms with Crippen LogP contribution in [-0.2, 0) is 9.57 Å². The Hall–Kier alpha value is -4.99. The maximum atomic E-state index is 11.6. The Morgan fingerprint density at radius 1 is 0.711 bits per heavy atom. The van der Waals surface area contributed by atoms with E-state index in [4.69, 9.17) is 33.3 Å². The summed E-state index contributed by atoms with van der Waals surface area (Å²) in [7, 11) is 4.79. The predicted molar refractivity (Wildman–Crippen MR) is 168 cm³/mol. The summed E-state index contributed by atoms with van der Waals surface area (Å²) >= 11 is 0. The van der Waals surface area contributed by atoms with Gasteiger partial charge in [0.15, 0.2) is 6.10 Å². The van der Waals surface area contributed by atoms with Crippen molar-refractivity contribution < 1.29 is 38.4 Å². The molecule has 6 rings (SSSR count). The molecule has 0 spiro atoms. The molecular formula is C36H35NO8. The van der Waals surface area contributed by atoms with E-state index in [1.54, 1.807) is 39.5 Å². The third-order valence-corrected chi connectivity index (χ3v) is 7.73. The number of nitrogens with zero attached hydrogens (tertiary/aromatic N) is 1. The zero-order valence-electron chi connectivity index (χ0n) is 25.2. The molecule has 4 aromatic rings. The number of hydrogen-bond acceptors (Lipinski definition) is 9. The second-order valence-electron chi connectivity index (χ2n) is 10.5. The molecule has 45 heavy (non-hydrogen) atoms. The van der Waals surface area contributed by atoms with Crippen molar-refractivity contribution >= 4 is 5.71 Å². The van der Waals surface area contributed by atoms with E-state index in [-0.39, 0.29) is 12.7 Å². The predicted octanol–water partition coefficient (Wildman–Crippen LogP) is 6.07. The number of fused-ring (bicyclic) bond motifs is 1. The van der Waals surface area contributed by atoms with Crippen LogP contribution in [0.4, 0.5) is 0 Å².